The van der Waals surface area contributed by atoms with Crippen LogP contribution in [0.3, 0.4) is 0 Å². The summed E-state index contributed by atoms with van der Waals surface area (Å²) in [4.78, 5) is 25.5. The predicted molar refractivity (Wildman–Crippen MR) is 122 cm³/mol. The molecule has 0 saturated carbocycles. The Morgan fingerprint density at radius 3 is 2.77 bits per heavy atom. The molecule has 3 rings (SSSR count). The Kier molecular flexibility index (Phi) is 8.05. The number of rotatable bonds is 8. The molecule has 31 heavy (non-hydrogen) atoms. The summed E-state index contributed by atoms with van der Waals surface area (Å²) in [5, 5.41) is 19.5. The summed E-state index contributed by atoms with van der Waals surface area (Å²) < 4.78 is 0. The quantitative estimate of drug-likeness (QED) is 0.476. The van der Waals surface area contributed by atoms with E-state index >= 15 is 0 Å². The van der Waals surface area contributed by atoms with Crippen molar-refractivity contribution in [3.63, 3.8) is 0 Å². The summed E-state index contributed by atoms with van der Waals surface area (Å²) in [6.45, 7) is 2.04. The van der Waals surface area contributed by atoms with Crippen LogP contribution in [0.25, 0.3) is 0 Å². The van der Waals surface area contributed by atoms with Crippen LogP contribution in [0.1, 0.15) is 52.7 Å². The van der Waals surface area contributed by atoms with Gasteiger partial charge in [-0.05, 0) is 55.2 Å². The fraction of sp³-hybridized carbons (Fsp3) is 0.360. The second-order valence-electron chi connectivity index (χ2n) is 7.81. The first-order chi connectivity index (χ1) is 14.9. The van der Waals surface area contributed by atoms with Crippen molar-refractivity contribution in [2.45, 2.75) is 51.2 Å². The van der Waals surface area contributed by atoms with Gasteiger partial charge >= 0.3 is 5.97 Å². The van der Waals surface area contributed by atoms with E-state index in [1.807, 2.05) is 31.2 Å². The lowest BCUT2D eigenvalue weighted by molar-refractivity contribution is -0.125. The first-order valence-electron chi connectivity index (χ1n) is 10.5. The van der Waals surface area contributed by atoms with Gasteiger partial charge in [-0.3, -0.25) is 9.69 Å². The number of likely N-dealkylation sites (tertiary alicyclic amines) is 1. The van der Waals surface area contributed by atoms with E-state index in [1.54, 1.807) is 12.1 Å². The monoisotopic (exact) mass is 437 g/mol. The number of aryl methyl sites for hydroxylation is 1. The van der Waals surface area contributed by atoms with Gasteiger partial charge in [-0.25, -0.2) is 4.79 Å². The van der Waals surface area contributed by atoms with Gasteiger partial charge in [0.05, 0.1) is 17.0 Å². The molecule has 6 heteroatoms. The third kappa shape index (κ3) is 6.55. The molecule has 162 valence electrons. The molecule has 1 saturated heterocycles. The lowest BCUT2D eigenvalue weighted by atomic mass is 9.95. The summed E-state index contributed by atoms with van der Waals surface area (Å²) in [6, 6.07) is 16.2. The average Bonchev–Trinajstić information content (AvgIpc) is 3.38. The SMILES string of the molecule is CC(CCCc1ccccc1)[C@@H](O)/C=C/[C@H]1CCC(=O)N1C#Cc1ccc(C(=O)O)s1. The smallest absolute Gasteiger partial charge is 0.345 e. The van der Waals surface area contributed by atoms with Crippen molar-refractivity contribution in [1.29, 1.82) is 0 Å². The number of aliphatic hydroxyl groups is 1. The maximum absolute atomic E-state index is 12.2. The second kappa shape index (κ2) is 10.9. The summed E-state index contributed by atoms with van der Waals surface area (Å²) in [5.74, 6) is 1.98. The molecule has 2 N–H and O–H groups in total. The van der Waals surface area contributed by atoms with Gasteiger partial charge in [0, 0.05) is 12.5 Å². The van der Waals surface area contributed by atoms with E-state index in [0.29, 0.717) is 17.7 Å². The largest absolute Gasteiger partial charge is 0.477 e. The average molecular weight is 438 g/mol. The maximum Gasteiger partial charge on any atom is 0.345 e. The van der Waals surface area contributed by atoms with E-state index in [-0.39, 0.29) is 22.7 Å². The number of carbonyl (C=O) groups excluding carboxylic acids is 1. The highest BCUT2D eigenvalue weighted by Crippen LogP contribution is 2.21. The van der Waals surface area contributed by atoms with Crippen LogP contribution in [0, 0.1) is 17.9 Å². The minimum atomic E-state index is -0.983. The molecule has 1 aromatic carbocycles. The Hall–Kier alpha value is -2.88. The molecular formula is C25H27NO4S. The summed E-state index contributed by atoms with van der Waals surface area (Å²) >= 11 is 1.09. The van der Waals surface area contributed by atoms with Crippen molar-refractivity contribution in [2.24, 2.45) is 5.92 Å². The highest BCUT2D eigenvalue weighted by Gasteiger charge is 2.28. The third-order valence-electron chi connectivity index (χ3n) is 5.45. The Morgan fingerprint density at radius 1 is 1.29 bits per heavy atom. The van der Waals surface area contributed by atoms with Crippen LogP contribution in [-0.4, -0.2) is 39.1 Å². The second-order valence-corrected chi connectivity index (χ2v) is 8.89. The van der Waals surface area contributed by atoms with E-state index < -0.39 is 12.1 Å². The first kappa shape index (κ1) is 22.8. The molecule has 1 fully saturated rings. The van der Waals surface area contributed by atoms with Crippen molar-refractivity contribution < 1.29 is 19.8 Å². The van der Waals surface area contributed by atoms with Crippen LogP contribution in [0.2, 0.25) is 0 Å². The van der Waals surface area contributed by atoms with E-state index in [1.165, 1.54) is 16.5 Å². The molecule has 3 atom stereocenters. The minimum Gasteiger partial charge on any atom is -0.477 e. The van der Waals surface area contributed by atoms with Gasteiger partial charge in [0.15, 0.2) is 0 Å². The van der Waals surface area contributed by atoms with Crippen molar-refractivity contribution in [2.75, 3.05) is 0 Å². The Bertz CT molecular complexity index is 986. The van der Waals surface area contributed by atoms with Gasteiger partial charge in [0.1, 0.15) is 4.88 Å². The van der Waals surface area contributed by atoms with Crippen molar-refractivity contribution in [1.82, 2.24) is 4.90 Å². The van der Waals surface area contributed by atoms with Crippen LogP contribution in [-0.2, 0) is 11.2 Å². The number of carboxylic acids is 1. The molecule has 0 radical (unpaired) electrons. The summed E-state index contributed by atoms with van der Waals surface area (Å²) in [7, 11) is 0. The van der Waals surface area contributed by atoms with Gasteiger partial charge < -0.3 is 10.2 Å². The first-order valence-corrected chi connectivity index (χ1v) is 11.3. The van der Waals surface area contributed by atoms with E-state index in [2.05, 4.69) is 24.1 Å². The number of aromatic carboxylic acids is 1. The molecule has 0 bridgehead atoms. The topological polar surface area (TPSA) is 77.8 Å². The highest BCUT2D eigenvalue weighted by molar-refractivity contribution is 7.14. The van der Waals surface area contributed by atoms with Crippen molar-refractivity contribution >= 4 is 23.2 Å². The Labute approximate surface area is 187 Å². The highest BCUT2D eigenvalue weighted by atomic mass is 32.1. The van der Waals surface area contributed by atoms with Crippen LogP contribution in [0.5, 0.6) is 0 Å². The number of thiophene rings is 1. The number of hydrogen-bond donors (Lipinski definition) is 2. The molecule has 1 aliphatic heterocycles. The fourth-order valence-electron chi connectivity index (χ4n) is 3.54. The molecule has 0 spiro atoms. The van der Waals surface area contributed by atoms with Crippen molar-refractivity contribution in [3.8, 4) is 12.0 Å². The number of amides is 1. The molecule has 1 aliphatic rings. The van der Waals surface area contributed by atoms with Gasteiger partial charge in [-0.1, -0.05) is 49.4 Å². The molecule has 1 aromatic heterocycles. The van der Waals surface area contributed by atoms with Crippen LogP contribution in [0.4, 0.5) is 0 Å². The normalized spacial score (nSPS) is 18.1. The Morgan fingerprint density at radius 2 is 2.06 bits per heavy atom. The van der Waals surface area contributed by atoms with Gasteiger partial charge in [0.25, 0.3) is 0 Å². The summed E-state index contributed by atoms with van der Waals surface area (Å²) in [5.41, 5.74) is 1.31. The lowest BCUT2D eigenvalue weighted by Gasteiger charge is -2.18. The zero-order chi connectivity index (χ0) is 22.2. The minimum absolute atomic E-state index is 0.0532. The number of benzene rings is 1. The van der Waals surface area contributed by atoms with Crippen LogP contribution in [0.15, 0.2) is 54.6 Å². The van der Waals surface area contributed by atoms with E-state index in [0.717, 1.165) is 30.6 Å². The molecule has 1 unspecified atom stereocenters. The maximum atomic E-state index is 12.2. The number of carboxylic acid groups (broad SMARTS) is 1. The van der Waals surface area contributed by atoms with E-state index in [4.69, 9.17) is 5.11 Å². The van der Waals surface area contributed by atoms with Crippen LogP contribution < -0.4 is 0 Å². The van der Waals surface area contributed by atoms with Crippen LogP contribution >= 0.6 is 11.3 Å². The zero-order valence-electron chi connectivity index (χ0n) is 17.5. The molecule has 2 aromatic rings. The molecule has 5 nitrogen and oxygen atoms in total. The molecule has 0 aliphatic carbocycles. The number of nitrogens with zero attached hydrogens (tertiary/aromatic N) is 1. The molecule has 1 amide bonds. The number of carbonyl (C=O) groups is 2. The van der Waals surface area contributed by atoms with Gasteiger partial charge in [0.2, 0.25) is 5.91 Å². The fourth-order valence-corrected chi connectivity index (χ4v) is 4.24. The molecule has 2 heterocycles. The lowest BCUT2D eigenvalue weighted by Crippen LogP contribution is -2.27. The predicted octanol–water partition coefficient (Wildman–Crippen LogP) is 4.32. The van der Waals surface area contributed by atoms with Gasteiger partial charge in [-0.15, -0.1) is 11.3 Å². The molecular weight excluding hydrogens is 410 g/mol. The van der Waals surface area contributed by atoms with E-state index in [9.17, 15) is 14.7 Å². The number of aliphatic hydroxyl groups excluding tert-OH is 1. The Balaban J connectivity index is 1.53. The zero-order valence-corrected chi connectivity index (χ0v) is 18.3. The summed E-state index contributed by atoms with van der Waals surface area (Å²) in [6.07, 6.45) is 7.06. The number of hydrogen-bond acceptors (Lipinski definition) is 4. The van der Waals surface area contributed by atoms with Gasteiger partial charge in [-0.2, -0.15) is 0 Å². The standard InChI is InChI=1S/C25H27NO4S/c1-18(6-5-9-19-7-3-2-4-8-19)22(27)13-10-20-11-15-24(28)26(20)17-16-21-12-14-23(31-21)25(29)30/h2-4,7-8,10,12-14,18,20,22,27H,5-6,9,11,15H2,1H3,(H,29,30)/b13-10+/t18?,20-,22-/m0/s1. The van der Waals surface area contributed by atoms with Crippen molar-refractivity contribution in [3.05, 3.63) is 69.9 Å². The third-order valence-corrected chi connectivity index (χ3v) is 6.44.